The number of carbonyl (C=O) groups excluding carboxylic acids is 1. The van der Waals surface area contributed by atoms with E-state index in [0.717, 1.165) is 5.57 Å². The number of hydrogen-bond donors (Lipinski definition) is 0. The summed E-state index contributed by atoms with van der Waals surface area (Å²) in [7, 11) is -1.06. The van der Waals surface area contributed by atoms with Gasteiger partial charge in [0.15, 0.2) is 0 Å². The highest BCUT2D eigenvalue weighted by Crippen LogP contribution is 2.48. The van der Waals surface area contributed by atoms with E-state index < -0.39 is 14.0 Å². The van der Waals surface area contributed by atoms with Gasteiger partial charge in [0.05, 0.1) is 6.42 Å². The van der Waals surface area contributed by atoms with Crippen molar-refractivity contribution in [3.63, 3.8) is 0 Å². The van der Waals surface area contributed by atoms with Gasteiger partial charge < -0.3 is 4.74 Å². The summed E-state index contributed by atoms with van der Waals surface area (Å²) in [5, 5.41) is 4.14. The molecule has 5 nitrogen and oxygen atoms in total. The number of carbonyl (C=O) groups is 1. The van der Waals surface area contributed by atoms with E-state index >= 15 is 0 Å². The van der Waals surface area contributed by atoms with Crippen LogP contribution >= 0.6 is 8.38 Å². The number of esters is 1. The maximum absolute atomic E-state index is 11.9. The average Bonchev–Trinajstić information content (AvgIpc) is 2.11. The Morgan fingerprint density at radius 2 is 1.79 bits per heavy atom. The molecule has 0 aromatic carbocycles. The molecule has 0 N–H and O–H groups in total. The van der Waals surface area contributed by atoms with Crippen molar-refractivity contribution in [3.05, 3.63) is 11.6 Å². The lowest BCUT2D eigenvalue weighted by Crippen LogP contribution is -2.42. The summed E-state index contributed by atoms with van der Waals surface area (Å²) >= 11 is 0. The predicted molar refractivity (Wildman–Crippen MR) is 73.0 cm³/mol. The summed E-state index contributed by atoms with van der Waals surface area (Å²) in [6, 6.07) is 0. The molecule has 0 saturated carbocycles. The van der Waals surface area contributed by atoms with Gasteiger partial charge in [0.1, 0.15) is 5.60 Å². The van der Waals surface area contributed by atoms with Crippen LogP contribution in [0.4, 0.5) is 0 Å². The average molecular weight is 290 g/mol. The van der Waals surface area contributed by atoms with Gasteiger partial charge in [-0.25, -0.2) is 0 Å². The third-order valence-corrected chi connectivity index (χ3v) is 4.15. The molecule has 0 aliphatic carbocycles. The number of ether oxygens (including phenoxy) is 1. The summed E-state index contributed by atoms with van der Waals surface area (Å²) in [5.74, 6) is -0.253. The fraction of sp³-hybridized carbons (Fsp3) is 0.769. The van der Waals surface area contributed by atoms with E-state index in [4.69, 9.17) is 4.74 Å². The first-order chi connectivity index (χ1) is 8.64. The maximum atomic E-state index is 11.9. The van der Waals surface area contributed by atoms with Crippen molar-refractivity contribution >= 4 is 14.3 Å². The van der Waals surface area contributed by atoms with Crippen molar-refractivity contribution in [2.45, 2.75) is 53.6 Å². The van der Waals surface area contributed by atoms with Crippen molar-refractivity contribution in [2.75, 3.05) is 6.16 Å². The molecule has 0 aromatic heterocycles. The Labute approximate surface area is 116 Å². The van der Waals surface area contributed by atoms with Gasteiger partial charge in [-0.2, -0.15) is 9.35 Å². The lowest BCUT2D eigenvalue weighted by Gasteiger charge is -2.39. The third-order valence-electron chi connectivity index (χ3n) is 3.10. The van der Waals surface area contributed by atoms with Crippen molar-refractivity contribution in [2.24, 2.45) is 5.41 Å². The minimum absolute atomic E-state index is 0.183. The first-order valence-corrected chi connectivity index (χ1v) is 7.67. The van der Waals surface area contributed by atoms with E-state index in [1.54, 1.807) is 0 Å². The molecule has 0 spiro atoms. The van der Waals surface area contributed by atoms with E-state index in [2.05, 4.69) is 35.2 Å². The van der Waals surface area contributed by atoms with Crippen molar-refractivity contribution in [3.8, 4) is 0 Å². The van der Waals surface area contributed by atoms with Gasteiger partial charge >= 0.3 is 5.97 Å². The van der Waals surface area contributed by atoms with Crippen LogP contribution in [0.3, 0.4) is 0 Å². The fourth-order valence-corrected chi connectivity index (χ4v) is 2.23. The molecule has 1 atom stereocenters. The molecule has 1 saturated heterocycles. The summed E-state index contributed by atoms with van der Waals surface area (Å²) in [4.78, 5) is 11.9. The lowest BCUT2D eigenvalue weighted by molar-refractivity contribution is -0.477. The summed E-state index contributed by atoms with van der Waals surface area (Å²) in [6.07, 6.45) is 2.75. The van der Waals surface area contributed by atoms with Gasteiger partial charge in [-0.3, -0.25) is 4.79 Å². The third kappa shape index (κ3) is 4.84. The Morgan fingerprint density at radius 3 is 2.16 bits per heavy atom. The zero-order valence-electron chi connectivity index (χ0n) is 12.5. The minimum atomic E-state index is -1.06. The molecule has 0 bridgehead atoms. The van der Waals surface area contributed by atoms with E-state index in [0.29, 0.717) is 6.16 Å². The fourth-order valence-electron chi connectivity index (χ4n) is 1.57. The maximum Gasteiger partial charge on any atom is 0.307 e. The Hall–Kier alpha value is -0.480. The summed E-state index contributed by atoms with van der Waals surface area (Å²) in [5.41, 5.74) is 0.305. The standard InChI is InChI=1S/C13H23O5P/c1-10(2)9-13(6,12(3,4)5)15-11(14)7-8-19-17-16-18-19/h9H,7-8H2,1-6H3. The second kappa shape index (κ2) is 6.31. The van der Waals surface area contributed by atoms with Crippen LogP contribution in [0.2, 0.25) is 0 Å². The molecule has 0 aromatic rings. The lowest BCUT2D eigenvalue weighted by atomic mass is 9.76. The van der Waals surface area contributed by atoms with Crippen LogP contribution in [0.25, 0.3) is 0 Å². The van der Waals surface area contributed by atoms with Crippen LogP contribution in [-0.2, 0) is 23.9 Å². The van der Waals surface area contributed by atoms with E-state index in [1.165, 1.54) is 0 Å². The largest absolute Gasteiger partial charge is 0.455 e. The molecule has 1 heterocycles. The monoisotopic (exact) mass is 290 g/mol. The van der Waals surface area contributed by atoms with Crippen LogP contribution in [0.15, 0.2) is 11.6 Å². The molecule has 19 heavy (non-hydrogen) atoms. The molecule has 1 unspecified atom stereocenters. The van der Waals surface area contributed by atoms with Crippen LogP contribution < -0.4 is 0 Å². The van der Waals surface area contributed by atoms with Crippen LogP contribution in [0, 0.1) is 5.41 Å². The molecular formula is C13H23O5P. The molecule has 6 heteroatoms. The predicted octanol–water partition coefficient (Wildman–Crippen LogP) is 3.90. The van der Waals surface area contributed by atoms with Gasteiger partial charge in [0.25, 0.3) is 8.38 Å². The van der Waals surface area contributed by atoms with Gasteiger partial charge in [-0.05, 0) is 26.8 Å². The minimum Gasteiger partial charge on any atom is -0.455 e. The second-order valence-corrected chi connectivity index (χ2v) is 7.49. The molecular weight excluding hydrogens is 267 g/mol. The van der Waals surface area contributed by atoms with Crippen LogP contribution in [0.1, 0.15) is 48.0 Å². The van der Waals surface area contributed by atoms with Gasteiger partial charge in [0.2, 0.25) is 0 Å². The topological polar surface area (TPSA) is 54.0 Å². The highest BCUT2D eigenvalue weighted by atomic mass is 31.2. The molecule has 1 fully saturated rings. The van der Waals surface area contributed by atoms with Crippen molar-refractivity contribution in [1.29, 1.82) is 0 Å². The molecule has 0 amide bonds. The normalized spacial score (nSPS) is 19.3. The zero-order valence-corrected chi connectivity index (χ0v) is 13.4. The van der Waals surface area contributed by atoms with Gasteiger partial charge in [-0.1, -0.05) is 31.4 Å². The Balaban J connectivity index is 2.61. The van der Waals surface area contributed by atoms with E-state index in [9.17, 15) is 4.79 Å². The number of rotatable bonds is 5. The van der Waals surface area contributed by atoms with Crippen molar-refractivity contribution < 1.29 is 23.9 Å². The highest BCUT2D eigenvalue weighted by Gasteiger charge is 2.39. The second-order valence-electron chi connectivity index (χ2n) is 6.08. The van der Waals surface area contributed by atoms with Crippen LogP contribution in [0.5, 0.6) is 0 Å². The highest BCUT2D eigenvalue weighted by molar-refractivity contribution is 7.47. The zero-order chi connectivity index (χ0) is 14.7. The van der Waals surface area contributed by atoms with E-state index in [-0.39, 0.29) is 17.8 Å². The summed E-state index contributed by atoms with van der Waals surface area (Å²) < 4.78 is 15.0. The molecule has 0 radical (unpaired) electrons. The SMILES string of the molecule is CC(C)=CC(C)(OC(=O)CCP1OOO1)C(C)(C)C. The van der Waals surface area contributed by atoms with E-state index in [1.807, 2.05) is 26.8 Å². The molecule has 1 rings (SSSR count). The number of hydrogen-bond acceptors (Lipinski definition) is 5. The van der Waals surface area contributed by atoms with Crippen molar-refractivity contribution in [1.82, 2.24) is 0 Å². The molecule has 110 valence electrons. The first kappa shape index (κ1) is 16.6. The smallest absolute Gasteiger partial charge is 0.307 e. The Morgan fingerprint density at radius 1 is 1.21 bits per heavy atom. The van der Waals surface area contributed by atoms with Crippen LogP contribution in [-0.4, -0.2) is 17.7 Å². The first-order valence-electron chi connectivity index (χ1n) is 6.31. The molecule has 1 aliphatic heterocycles. The molecule has 1 aliphatic rings. The Kier molecular flexibility index (Phi) is 5.51. The Bertz CT molecular complexity index is 353. The number of allylic oxidation sites excluding steroid dienone is 1. The van der Waals surface area contributed by atoms with Gasteiger partial charge in [0, 0.05) is 11.6 Å². The van der Waals surface area contributed by atoms with Gasteiger partial charge in [-0.15, -0.1) is 0 Å². The summed E-state index contributed by atoms with van der Waals surface area (Å²) in [6.45, 7) is 12.1. The quantitative estimate of drug-likeness (QED) is 0.333.